The van der Waals surface area contributed by atoms with E-state index in [0.717, 1.165) is 13.0 Å². The molecule has 1 aliphatic heterocycles. The monoisotopic (exact) mass is 261 g/mol. The van der Waals surface area contributed by atoms with Gasteiger partial charge in [0.05, 0.1) is 6.42 Å². The molecule has 19 heavy (non-hydrogen) atoms. The lowest BCUT2D eigenvalue weighted by atomic mass is 10.0. The molecule has 4 nitrogen and oxygen atoms in total. The van der Waals surface area contributed by atoms with Gasteiger partial charge in [0.1, 0.15) is 0 Å². The third-order valence-electron chi connectivity index (χ3n) is 3.63. The molecule has 1 fully saturated rings. The first-order chi connectivity index (χ1) is 8.99. The lowest BCUT2D eigenvalue weighted by molar-refractivity contribution is -0.136. The molecule has 0 spiro atoms. The molecule has 1 N–H and O–H groups in total. The zero-order valence-corrected chi connectivity index (χ0v) is 11.3. The van der Waals surface area contributed by atoms with E-state index in [-0.39, 0.29) is 18.4 Å². The summed E-state index contributed by atoms with van der Waals surface area (Å²) < 4.78 is 0. The molecule has 102 valence electrons. The first-order valence-corrected chi connectivity index (χ1v) is 6.59. The van der Waals surface area contributed by atoms with Gasteiger partial charge in [-0.1, -0.05) is 25.1 Å². The highest BCUT2D eigenvalue weighted by Gasteiger charge is 2.31. The number of carbonyl (C=O) groups is 2. The van der Waals surface area contributed by atoms with Gasteiger partial charge in [-0.3, -0.25) is 9.59 Å². The smallest absolute Gasteiger partial charge is 0.307 e. The van der Waals surface area contributed by atoms with E-state index in [4.69, 9.17) is 5.11 Å². The lowest BCUT2D eigenvalue weighted by Crippen LogP contribution is -2.34. The molecule has 2 atom stereocenters. The van der Waals surface area contributed by atoms with Crippen LogP contribution >= 0.6 is 0 Å². The minimum absolute atomic E-state index is 0.0475. The summed E-state index contributed by atoms with van der Waals surface area (Å²) in [6, 6.07) is 7.20. The van der Waals surface area contributed by atoms with E-state index in [2.05, 4.69) is 6.92 Å². The molecule has 1 saturated heterocycles. The molecule has 1 aromatic carbocycles. The normalized spacial score (nSPS) is 22.5. The number of benzene rings is 1. The van der Waals surface area contributed by atoms with E-state index in [1.165, 1.54) is 0 Å². The molecule has 1 aromatic rings. The molecule has 0 aliphatic carbocycles. The highest BCUT2D eigenvalue weighted by atomic mass is 16.4. The van der Waals surface area contributed by atoms with Crippen LogP contribution in [-0.2, 0) is 11.2 Å². The largest absolute Gasteiger partial charge is 0.481 e. The molecule has 0 aromatic heterocycles. The summed E-state index contributed by atoms with van der Waals surface area (Å²) in [7, 11) is 0. The molecule has 2 unspecified atom stereocenters. The predicted molar refractivity (Wildman–Crippen MR) is 72.1 cm³/mol. The van der Waals surface area contributed by atoms with Crippen molar-refractivity contribution < 1.29 is 14.7 Å². The van der Waals surface area contributed by atoms with Gasteiger partial charge in [-0.2, -0.15) is 0 Å². The Morgan fingerprint density at radius 3 is 2.58 bits per heavy atom. The Bertz CT molecular complexity index is 498. The molecule has 1 heterocycles. The highest BCUT2D eigenvalue weighted by molar-refractivity contribution is 5.97. The molecule has 0 bridgehead atoms. The number of carboxylic acids is 1. The standard InChI is InChI=1S/C15H19NO3/c1-10-7-11(2)16(9-10)15(19)13-6-4-3-5-12(13)8-14(17)18/h3-6,10-11H,7-9H2,1-2H3,(H,17,18). The Kier molecular flexibility index (Phi) is 3.88. The Labute approximate surface area is 113 Å². The topological polar surface area (TPSA) is 57.6 Å². The summed E-state index contributed by atoms with van der Waals surface area (Å²) in [4.78, 5) is 25.2. The summed E-state index contributed by atoms with van der Waals surface area (Å²) in [5.41, 5.74) is 1.11. The van der Waals surface area contributed by atoms with E-state index in [9.17, 15) is 9.59 Å². The number of rotatable bonds is 3. The summed E-state index contributed by atoms with van der Waals surface area (Å²) >= 11 is 0. The summed E-state index contributed by atoms with van der Waals surface area (Å²) in [5, 5.41) is 8.91. The fourth-order valence-corrected chi connectivity index (χ4v) is 2.78. The molecule has 2 rings (SSSR count). The van der Waals surface area contributed by atoms with Crippen LogP contribution in [-0.4, -0.2) is 34.5 Å². The SMILES string of the molecule is CC1CC(C)N(C(=O)c2ccccc2CC(=O)O)C1. The van der Waals surface area contributed by atoms with Crippen molar-refractivity contribution in [2.24, 2.45) is 5.92 Å². The van der Waals surface area contributed by atoms with Crippen molar-refractivity contribution in [3.8, 4) is 0 Å². The lowest BCUT2D eigenvalue weighted by Gasteiger charge is -2.22. The minimum Gasteiger partial charge on any atom is -0.481 e. The first kappa shape index (κ1) is 13.6. The molecule has 1 aliphatic rings. The van der Waals surface area contributed by atoms with Gasteiger partial charge in [0.25, 0.3) is 5.91 Å². The Morgan fingerprint density at radius 2 is 2.00 bits per heavy atom. The van der Waals surface area contributed by atoms with Crippen LogP contribution in [0.4, 0.5) is 0 Å². The van der Waals surface area contributed by atoms with Gasteiger partial charge in [0.2, 0.25) is 0 Å². The highest BCUT2D eigenvalue weighted by Crippen LogP contribution is 2.25. The van der Waals surface area contributed by atoms with Crippen molar-refractivity contribution in [1.29, 1.82) is 0 Å². The quantitative estimate of drug-likeness (QED) is 0.907. The van der Waals surface area contributed by atoms with Crippen molar-refractivity contribution in [3.63, 3.8) is 0 Å². The van der Waals surface area contributed by atoms with E-state index in [0.29, 0.717) is 17.0 Å². The third-order valence-corrected chi connectivity index (χ3v) is 3.63. The number of likely N-dealkylation sites (tertiary alicyclic amines) is 1. The second-order valence-electron chi connectivity index (χ2n) is 5.38. The summed E-state index contributed by atoms with van der Waals surface area (Å²) in [6.45, 7) is 4.93. The third kappa shape index (κ3) is 2.95. The zero-order chi connectivity index (χ0) is 14.0. The molecular weight excluding hydrogens is 242 g/mol. The fourth-order valence-electron chi connectivity index (χ4n) is 2.78. The van der Waals surface area contributed by atoms with Gasteiger partial charge < -0.3 is 10.0 Å². The maximum absolute atomic E-state index is 12.5. The number of carbonyl (C=O) groups excluding carboxylic acids is 1. The minimum atomic E-state index is -0.914. The average molecular weight is 261 g/mol. The molecular formula is C15H19NO3. The second-order valence-corrected chi connectivity index (χ2v) is 5.38. The van der Waals surface area contributed by atoms with Gasteiger partial charge >= 0.3 is 5.97 Å². The fraction of sp³-hybridized carbons (Fsp3) is 0.467. The van der Waals surface area contributed by atoms with E-state index >= 15 is 0 Å². The molecule has 0 saturated carbocycles. The van der Waals surface area contributed by atoms with Gasteiger partial charge in [-0.15, -0.1) is 0 Å². The number of hydrogen-bond donors (Lipinski definition) is 1. The van der Waals surface area contributed by atoms with Crippen LogP contribution in [0.25, 0.3) is 0 Å². The number of aliphatic carboxylic acids is 1. The number of hydrogen-bond acceptors (Lipinski definition) is 2. The van der Waals surface area contributed by atoms with Crippen molar-refractivity contribution in [3.05, 3.63) is 35.4 Å². The van der Waals surface area contributed by atoms with Gasteiger partial charge in [-0.05, 0) is 30.9 Å². The van der Waals surface area contributed by atoms with Gasteiger partial charge in [0, 0.05) is 18.2 Å². The van der Waals surface area contributed by atoms with Gasteiger partial charge in [-0.25, -0.2) is 0 Å². The summed E-state index contributed by atoms with van der Waals surface area (Å²) in [5.74, 6) is -0.456. The van der Waals surface area contributed by atoms with Crippen LogP contribution in [0.15, 0.2) is 24.3 Å². The van der Waals surface area contributed by atoms with Crippen molar-refractivity contribution in [1.82, 2.24) is 4.90 Å². The number of nitrogens with zero attached hydrogens (tertiary/aromatic N) is 1. The number of carboxylic acid groups (broad SMARTS) is 1. The zero-order valence-electron chi connectivity index (χ0n) is 11.3. The van der Waals surface area contributed by atoms with Crippen molar-refractivity contribution >= 4 is 11.9 Å². The molecule has 0 radical (unpaired) electrons. The maximum Gasteiger partial charge on any atom is 0.307 e. The van der Waals surface area contributed by atoms with Crippen LogP contribution in [0.2, 0.25) is 0 Å². The molecule has 4 heteroatoms. The van der Waals surface area contributed by atoms with E-state index < -0.39 is 5.97 Å². The van der Waals surface area contributed by atoms with Gasteiger partial charge in [0.15, 0.2) is 0 Å². The Hall–Kier alpha value is -1.84. The van der Waals surface area contributed by atoms with Crippen LogP contribution < -0.4 is 0 Å². The van der Waals surface area contributed by atoms with E-state index in [1.54, 1.807) is 24.3 Å². The average Bonchev–Trinajstić information content (AvgIpc) is 2.67. The van der Waals surface area contributed by atoms with Crippen LogP contribution in [0.1, 0.15) is 36.2 Å². The summed E-state index contributed by atoms with van der Waals surface area (Å²) in [6.07, 6.45) is 0.895. The predicted octanol–water partition coefficient (Wildman–Crippen LogP) is 2.18. The Morgan fingerprint density at radius 1 is 1.32 bits per heavy atom. The Balaban J connectivity index is 2.26. The maximum atomic E-state index is 12.5. The van der Waals surface area contributed by atoms with Crippen LogP contribution in [0, 0.1) is 5.92 Å². The van der Waals surface area contributed by atoms with Crippen molar-refractivity contribution in [2.75, 3.05) is 6.54 Å². The van der Waals surface area contributed by atoms with E-state index in [1.807, 2.05) is 11.8 Å². The van der Waals surface area contributed by atoms with Crippen molar-refractivity contribution in [2.45, 2.75) is 32.7 Å². The number of amides is 1. The first-order valence-electron chi connectivity index (χ1n) is 6.59. The van der Waals surface area contributed by atoms with Crippen LogP contribution in [0.5, 0.6) is 0 Å². The second kappa shape index (κ2) is 5.43. The van der Waals surface area contributed by atoms with Crippen LogP contribution in [0.3, 0.4) is 0 Å². The molecule has 1 amide bonds.